The van der Waals surface area contributed by atoms with Gasteiger partial charge in [-0.25, -0.2) is 4.98 Å². The molecule has 7 heteroatoms. The van der Waals surface area contributed by atoms with Crippen LogP contribution in [0.15, 0.2) is 61.1 Å². The van der Waals surface area contributed by atoms with Crippen molar-refractivity contribution < 1.29 is 4.79 Å². The Hall–Kier alpha value is -3.14. The molecular formula is C26H28ClN5O. The zero-order valence-corrected chi connectivity index (χ0v) is 19.5. The molecule has 0 bridgehead atoms. The molecule has 170 valence electrons. The van der Waals surface area contributed by atoms with E-state index in [4.69, 9.17) is 16.9 Å². The number of imidazole rings is 1. The van der Waals surface area contributed by atoms with Crippen LogP contribution in [0.4, 0.5) is 0 Å². The first-order valence-electron chi connectivity index (χ1n) is 11.3. The fourth-order valence-electron chi connectivity index (χ4n) is 4.42. The predicted octanol–water partition coefficient (Wildman–Crippen LogP) is 4.55. The first-order chi connectivity index (χ1) is 16.0. The SMILES string of the molecule is CC(NC(=O)C1CCCN(Cc2cccc(Cl)c2)C1)c1cncn1Cc1ccc(C#N)cc1. The first-order valence-corrected chi connectivity index (χ1v) is 11.7. The molecule has 6 nitrogen and oxygen atoms in total. The summed E-state index contributed by atoms with van der Waals surface area (Å²) < 4.78 is 2.04. The van der Waals surface area contributed by atoms with Gasteiger partial charge < -0.3 is 9.88 Å². The number of aromatic nitrogens is 2. The van der Waals surface area contributed by atoms with E-state index in [1.54, 1.807) is 12.5 Å². The minimum atomic E-state index is -0.151. The van der Waals surface area contributed by atoms with E-state index in [-0.39, 0.29) is 17.9 Å². The number of halogens is 1. The summed E-state index contributed by atoms with van der Waals surface area (Å²) in [7, 11) is 0. The highest BCUT2D eigenvalue weighted by Crippen LogP contribution is 2.22. The maximum atomic E-state index is 13.1. The van der Waals surface area contributed by atoms with Gasteiger partial charge in [0.15, 0.2) is 0 Å². The van der Waals surface area contributed by atoms with Gasteiger partial charge in [-0.2, -0.15) is 5.26 Å². The van der Waals surface area contributed by atoms with Crippen LogP contribution in [0.3, 0.4) is 0 Å². The average Bonchev–Trinajstić information content (AvgIpc) is 3.28. The standard InChI is InChI=1S/C26H28ClN5O/c1-19(25-14-29-18-32(25)16-21-9-7-20(13-28)8-10-21)30-26(33)23-5-3-11-31(17-23)15-22-4-2-6-24(27)12-22/h2,4,6-10,12,14,18-19,23H,3,5,11,15-17H2,1H3,(H,30,33). The van der Waals surface area contributed by atoms with Gasteiger partial charge in [0.2, 0.25) is 5.91 Å². The zero-order valence-electron chi connectivity index (χ0n) is 18.7. The van der Waals surface area contributed by atoms with E-state index in [9.17, 15) is 4.79 Å². The lowest BCUT2D eigenvalue weighted by molar-refractivity contribution is -0.127. The van der Waals surface area contributed by atoms with E-state index in [2.05, 4.69) is 27.3 Å². The van der Waals surface area contributed by atoms with Crippen LogP contribution < -0.4 is 5.32 Å². The summed E-state index contributed by atoms with van der Waals surface area (Å²) in [5, 5.41) is 12.9. The van der Waals surface area contributed by atoms with E-state index in [0.29, 0.717) is 12.1 Å². The molecule has 2 atom stereocenters. The molecule has 2 unspecified atom stereocenters. The Labute approximate surface area is 199 Å². The Morgan fingerprint density at radius 2 is 2.06 bits per heavy atom. The van der Waals surface area contributed by atoms with E-state index in [1.165, 1.54) is 5.56 Å². The second-order valence-corrected chi connectivity index (χ2v) is 9.13. The third-order valence-electron chi connectivity index (χ3n) is 6.15. The van der Waals surface area contributed by atoms with Crippen LogP contribution in [0, 0.1) is 17.2 Å². The molecule has 33 heavy (non-hydrogen) atoms. The van der Waals surface area contributed by atoms with Crippen molar-refractivity contribution in [2.45, 2.75) is 38.9 Å². The van der Waals surface area contributed by atoms with Crippen molar-refractivity contribution in [3.8, 4) is 6.07 Å². The maximum absolute atomic E-state index is 13.1. The van der Waals surface area contributed by atoms with Crippen LogP contribution in [-0.4, -0.2) is 33.4 Å². The summed E-state index contributed by atoms with van der Waals surface area (Å²) in [6, 6.07) is 17.4. The van der Waals surface area contributed by atoms with Crippen LogP contribution >= 0.6 is 11.6 Å². The molecule has 1 amide bonds. The summed E-state index contributed by atoms with van der Waals surface area (Å²) >= 11 is 6.12. The van der Waals surface area contributed by atoms with Crippen molar-refractivity contribution in [3.05, 3.63) is 88.5 Å². The third kappa shape index (κ3) is 6.01. The van der Waals surface area contributed by atoms with Crippen molar-refractivity contribution >= 4 is 17.5 Å². The highest BCUT2D eigenvalue weighted by Gasteiger charge is 2.27. The molecule has 0 saturated carbocycles. The van der Waals surface area contributed by atoms with E-state index in [0.717, 1.165) is 48.8 Å². The minimum Gasteiger partial charge on any atom is -0.348 e. The van der Waals surface area contributed by atoms with Crippen LogP contribution in [0.5, 0.6) is 0 Å². The van der Waals surface area contributed by atoms with Gasteiger partial charge in [-0.1, -0.05) is 35.9 Å². The number of likely N-dealkylation sites (tertiary alicyclic amines) is 1. The average molecular weight is 462 g/mol. The topological polar surface area (TPSA) is 74.0 Å². The van der Waals surface area contributed by atoms with Gasteiger partial charge in [-0.3, -0.25) is 9.69 Å². The number of hydrogen-bond donors (Lipinski definition) is 1. The summed E-state index contributed by atoms with van der Waals surface area (Å²) in [5.41, 5.74) is 3.85. The van der Waals surface area contributed by atoms with Gasteiger partial charge in [0.25, 0.3) is 0 Å². The van der Waals surface area contributed by atoms with Crippen LogP contribution in [-0.2, 0) is 17.9 Å². The van der Waals surface area contributed by atoms with Crippen molar-refractivity contribution in [3.63, 3.8) is 0 Å². The quantitative estimate of drug-likeness (QED) is 0.560. The molecule has 3 aromatic rings. The van der Waals surface area contributed by atoms with Crippen LogP contribution in [0.1, 0.15) is 48.2 Å². The van der Waals surface area contributed by atoms with Crippen LogP contribution in [0.25, 0.3) is 0 Å². The summed E-state index contributed by atoms with van der Waals surface area (Å²) in [6.45, 7) is 5.17. The molecule has 1 N–H and O–H groups in total. The molecule has 1 aliphatic rings. The van der Waals surface area contributed by atoms with Crippen LogP contribution in [0.2, 0.25) is 5.02 Å². The van der Waals surface area contributed by atoms with Gasteiger partial charge >= 0.3 is 0 Å². The fraction of sp³-hybridized carbons (Fsp3) is 0.346. The highest BCUT2D eigenvalue weighted by molar-refractivity contribution is 6.30. The Morgan fingerprint density at radius 1 is 1.24 bits per heavy atom. The molecule has 1 fully saturated rings. The molecule has 1 aromatic heterocycles. The number of amides is 1. The molecule has 0 spiro atoms. The van der Waals surface area contributed by atoms with Crippen molar-refractivity contribution in [1.29, 1.82) is 5.26 Å². The number of piperidine rings is 1. The fourth-order valence-corrected chi connectivity index (χ4v) is 4.63. The maximum Gasteiger partial charge on any atom is 0.224 e. The lowest BCUT2D eigenvalue weighted by Gasteiger charge is -2.32. The van der Waals surface area contributed by atoms with Crippen molar-refractivity contribution in [1.82, 2.24) is 19.8 Å². The zero-order chi connectivity index (χ0) is 23.2. The van der Waals surface area contributed by atoms with Gasteiger partial charge in [-0.05, 0) is 61.7 Å². The first kappa shape index (κ1) is 23.0. The molecule has 2 aromatic carbocycles. The number of carbonyl (C=O) groups excluding carboxylic acids is 1. The molecular weight excluding hydrogens is 434 g/mol. The van der Waals surface area contributed by atoms with E-state index < -0.39 is 0 Å². The normalized spacial score (nSPS) is 17.3. The molecule has 2 heterocycles. The third-order valence-corrected chi connectivity index (χ3v) is 6.39. The number of nitrogens with zero attached hydrogens (tertiary/aromatic N) is 4. The van der Waals surface area contributed by atoms with Gasteiger partial charge in [0.1, 0.15) is 0 Å². The second kappa shape index (κ2) is 10.7. The van der Waals surface area contributed by atoms with E-state index >= 15 is 0 Å². The van der Waals surface area contributed by atoms with Crippen molar-refractivity contribution in [2.75, 3.05) is 13.1 Å². The lowest BCUT2D eigenvalue weighted by atomic mass is 9.96. The van der Waals surface area contributed by atoms with E-state index in [1.807, 2.05) is 54.0 Å². The Balaban J connectivity index is 1.35. The van der Waals surface area contributed by atoms with Gasteiger partial charge in [0.05, 0.1) is 41.8 Å². The summed E-state index contributed by atoms with van der Waals surface area (Å²) in [5.74, 6) is 0.0553. The Morgan fingerprint density at radius 3 is 2.82 bits per heavy atom. The number of carbonyl (C=O) groups is 1. The molecule has 0 aliphatic carbocycles. The molecule has 1 saturated heterocycles. The molecule has 1 aliphatic heterocycles. The molecule has 0 radical (unpaired) electrons. The predicted molar refractivity (Wildman–Crippen MR) is 128 cm³/mol. The Bertz CT molecular complexity index is 1130. The van der Waals surface area contributed by atoms with Crippen molar-refractivity contribution in [2.24, 2.45) is 5.92 Å². The summed E-state index contributed by atoms with van der Waals surface area (Å²) in [4.78, 5) is 19.7. The lowest BCUT2D eigenvalue weighted by Crippen LogP contribution is -2.43. The number of benzene rings is 2. The minimum absolute atomic E-state index is 0.0321. The number of nitriles is 1. The number of hydrogen-bond acceptors (Lipinski definition) is 4. The Kier molecular flexibility index (Phi) is 7.43. The molecule has 4 rings (SSSR count). The smallest absolute Gasteiger partial charge is 0.224 e. The second-order valence-electron chi connectivity index (χ2n) is 8.69. The van der Waals surface area contributed by atoms with Gasteiger partial charge in [0, 0.05) is 24.7 Å². The largest absolute Gasteiger partial charge is 0.348 e. The highest BCUT2D eigenvalue weighted by atomic mass is 35.5. The summed E-state index contributed by atoms with van der Waals surface area (Å²) in [6.07, 6.45) is 5.49. The monoisotopic (exact) mass is 461 g/mol. The number of nitrogens with one attached hydrogen (secondary N) is 1. The van der Waals surface area contributed by atoms with Gasteiger partial charge in [-0.15, -0.1) is 0 Å². The number of rotatable bonds is 7.